The summed E-state index contributed by atoms with van der Waals surface area (Å²) in [4.78, 5) is 2.27. The van der Waals surface area contributed by atoms with Gasteiger partial charge in [0, 0.05) is 12.1 Å². The third-order valence-electron chi connectivity index (χ3n) is 2.90. The van der Waals surface area contributed by atoms with Crippen molar-refractivity contribution in [1.82, 2.24) is 4.90 Å². The van der Waals surface area contributed by atoms with E-state index >= 15 is 0 Å². The van der Waals surface area contributed by atoms with Crippen molar-refractivity contribution in [3.63, 3.8) is 0 Å². The van der Waals surface area contributed by atoms with Crippen molar-refractivity contribution in [2.24, 2.45) is 0 Å². The molecule has 0 saturated carbocycles. The Labute approximate surface area is 98.9 Å². The zero-order valence-electron chi connectivity index (χ0n) is 10.7. The summed E-state index contributed by atoms with van der Waals surface area (Å²) in [6.07, 6.45) is 3.77. The van der Waals surface area contributed by atoms with E-state index in [-0.39, 0.29) is 0 Å². The molecule has 0 amide bonds. The molecule has 1 N–H and O–H groups in total. The minimum atomic E-state index is 0.449. The molecule has 0 aliphatic carbocycles. The predicted octanol–water partition coefficient (Wildman–Crippen LogP) is 3.32. The smallest absolute Gasteiger partial charge is 0.122 e. The Bertz CT molecular complexity index is 323. The first-order chi connectivity index (χ1) is 7.65. The van der Waals surface area contributed by atoms with Crippen molar-refractivity contribution in [2.45, 2.75) is 39.7 Å². The molecular formula is C14H23NO. The first-order valence-electron chi connectivity index (χ1n) is 6.11. The zero-order chi connectivity index (χ0) is 12.0. The highest BCUT2D eigenvalue weighted by Gasteiger charge is 2.06. The Balaban J connectivity index is 2.49. The second kappa shape index (κ2) is 6.54. The van der Waals surface area contributed by atoms with Crippen molar-refractivity contribution >= 4 is 0 Å². The summed E-state index contributed by atoms with van der Waals surface area (Å²) in [7, 11) is 2.11. The van der Waals surface area contributed by atoms with Gasteiger partial charge in [0.25, 0.3) is 0 Å². The van der Waals surface area contributed by atoms with E-state index in [2.05, 4.69) is 18.9 Å². The number of phenols is 1. The quantitative estimate of drug-likeness (QED) is 0.745. The van der Waals surface area contributed by atoms with Crippen LogP contribution in [0.5, 0.6) is 5.75 Å². The van der Waals surface area contributed by atoms with Gasteiger partial charge in [0.2, 0.25) is 0 Å². The van der Waals surface area contributed by atoms with E-state index in [9.17, 15) is 5.11 Å². The lowest BCUT2D eigenvalue weighted by Gasteiger charge is -2.17. The van der Waals surface area contributed by atoms with Crippen LogP contribution < -0.4 is 0 Å². The molecule has 90 valence electrons. The number of unbranched alkanes of at least 4 members (excludes halogenated alkanes) is 2. The van der Waals surface area contributed by atoms with Gasteiger partial charge in [-0.05, 0) is 32.5 Å². The van der Waals surface area contributed by atoms with E-state index in [0.29, 0.717) is 5.75 Å². The van der Waals surface area contributed by atoms with E-state index in [1.807, 2.05) is 25.1 Å². The Morgan fingerprint density at radius 1 is 1.25 bits per heavy atom. The number of aryl methyl sites for hydroxylation is 1. The maximum absolute atomic E-state index is 9.89. The Kier molecular flexibility index (Phi) is 5.33. The summed E-state index contributed by atoms with van der Waals surface area (Å²) < 4.78 is 0. The first-order valence-corrected chi connectivity index (χ1v) is 6.11. The van der Waals surface area contributed by atoms with Gasteiger partial charge in [-0.1, -0.05) is 38.0 Å². The second-order valence-electron chi connectivity index (χ2n) is 4.53. The van der Waals surface area contributed by atoms with E-state index in [1.165, 1.54) is 19.3 Å². The Morgan fingerprint density at radius 2 is 2.00 bits per heavy atom. The Morgan fingerprint density at radius 3 is 2.69 bits per heavy atom. The highest BCUT2D eigenvalue weighted by Crippen LogP contribution is 2.22. The topological polar surface area (TPSA) is 23.5 Å². The highest BCUT2D eigenvalue weighted by atomic mass is 16.3. The molecule has 0 fully saturated rings. The van der Waals surface area contributed by atoms with Crippen LogP contribution in [0.25, 0.3) is 0 Å². The van der Waals surface area contributed by atoms with Crippen molar-refractivity contribution in [2.75, 3.05) is 13.6 Å². The van der Waals surface area contributed by atoms with Gasteiger partial charge in [0.1, 0.15) is 5.75 Å². The molecule has 0 radical (unpaired) electrons. The lowest BCUT2D eigenvalue weighted by Crippen LogP contribution is -2.19. The maximum Gasteiger partial charge on any atom is 0.122 e. The molecule has 2 nitrogen and oxygen atoms in total. The molecule has 0 aromatic heterocycles. The van der Waals surface area contributed by atoms with Gasteiger partial charge in [0.15, 0.2) is 0 Å². The van der Waals surface area contributed by atoms with E-state index in [0.717, 1.165) is 24.2 Å². The van der Waals surface area contributed by atoms with Crippen LogP contribution in [-0.2, 0) is 6.54 Å². The first kappa shape index (κ1) is 13.0. The number of hydrogen-bond acceptors (Lipinski definition) is 2. The van der Waals surface area contributed by atoms with Gasteiger partial charge in [-0.15, -0.1) is 0 Å². The fourth-order valence-electron chi connectivity index (χ4n) is 1.85. The van der Waals surface area contributed by atoms with Crippen LogP contribution in [0, 0.1) is 6.92 Å². The summed E-state index contributed by atoms with van der Waals surface area (Å²) in [5.41, 5.74) is 1.98. The van der Waals surface area contributed by atoms with E-state index < -0.39 is 0 Å². The van der Waals surface area contributed by atoms with Crippen LogP contribution in [0.4, 0.5) is 0 Å². The van der Waals surface area contributed by atoms with Crippen molar-refractivity contribution in [3.05, 3.63) is 29.3 Å². The molecule has 1 rings (SSSR count). The molecule has 0 atom stereocenters. The molecule has 0 heterocycles. The summed E-state index contributed by atoms with van der Waals surface area (Å²) in [6.45, 7) is 6.08. The summed E-state index contributed by atoms with van der Waals surface area (Å²) in [5, 5.41) is 9.89. The number of benzene rings is 1. The largest absolute Gasteiger partial charge is 0.507 e. The van der Waals surface area contributed by atoms with Crippen LogP contribution in [0.2, 0.25) is 0 Å². The van der Waals surface area contributed by atoms with Gasteiger partial charge in [0.05, 0.1) is 0 Å². The van der Waals surface area contributed by atoms with Crippen LogP contribution in [0.3, 0.4) is 0 Å². The van der Waals surface area contributed by atoms with Crippen LogP contribution >= 0.6 is 0 Å². The summed E-state index contributed by atoms with van der Waals surface area (Å²) >= 11 is 0. The van der Waals surface area contributed by atoms with Crippen LogP contribution in [0.1, 0.15) is 37.3 Å². The van der Waals surface area contributed by atoms with Crippen LogP contribution in [0.15, 0.2) is 18.2 Å². The lowest BCUT2D eigenvalue weighted by molar-refractivity contribution is 0.312. The molecule has 0 aliphatic rings. The molecule has 0 unspecified atom stereocenters. The number of rotatable bonds is 6. The highest BCUT2D eigenvalue weighted by molar-refractivity contribution is 5.39. The molecule has 0 aliphatic heterocycles. The molecule has 0 saturated heterocycles. The molecule has 2 heteroatoms. The van der Waals surface area contributed by atoms with Gasteiger partial charge in [-0.25, -0.2) is 0 Å². The number of para-hydroxylation sites is 1. The van der Waals surface area contributed by atoms with Crippen LogP contribution in [-0.4, -0.2) is 23.6 Å². The normalized spacial score (nSPS) is 11.0. The second-order valence-corrected chi connectivity index (χ2v) is 4.53. The number of nitrogens with zero attached hydrogens (tertiary/aromatic N) is 1. The minimum Gasteiger partial charge on any atom is -0.507 e. The average Bonchev–Trinajstić information content (AvgIpc) is 2.25. The van der Waals surface area contributed by atoms with Gasteiger partial charge in [-0.2, -0.15) is 0 Å². The van der Waals surface area contributed by atoms with E-state index in [4.69, 9.17) is 0 Å². The van der Waals surface area contributed by atoms with Crippen molar-refractivity contribution < 1.29 is 5.11 Å². The number of hydrogen-bond donors (Lipinski definition) is 1. The van der Waals surface area contributed by atoms with Crippen molar-refractivity contribution in [1.29, 1.82) is 0 Å². The molecule has 16 heavy (non-hydrogen) atoms. The predicted molar refractivity (Wildman–Crippen MR) is 68.7 cm³/mol. The van der Waals surface area contributed by atoms with Crippen molar-refractivity contribution in [3.8, 4) is 5.75 Å². The van der Waals surface area contributed by atoms with Gasteiger partial charge < -0.3 is 10.0 Å². The fraction of sp³-hybridized carbons (Fsp3) is 0.571. The molecule has 1 aromatic carbocycles. The lowest BCUT2D eigenvalue weighted by atomic mass is 10.1. The third-order valence-corrected chi connectivity index (χ3v) is 2.90. The summed E-state index contributed by atoms with van der Waals surface area (Å²) in [6, 6.07) is 5.94. The zero-order valence-corrected chi connectivity index (χ0v) is 10.7. The molecular weight excluding hydrogens is 198 g/mol. The Hall–Kier alpha value is -1.02. The summed E-state index contributed by atoms with van der Waals surface area (Å²) in [5.74, 6) is 0.449. The standard InChI is InChI=1S/C14H23NO/c1-4-5-6-10-15(3)11-13-9-7-8-12(2)14(13)16/h7-9,16H,4-6,10-11H2,1-3H3. The number of phenolic OH excluding ortho intramolecular Hbond substituents is 1. The number of aromatic hydroxyl groups is 1. The maximum atomic E-state index is 9.89. The third kappa shape index (κ3) is 3.86. The monoisotopic (exact) mass is 221 g/mol. The molecule has 1 aromatic rings. The molecule has 0 spiro atoms. The molecule has 0 bridgehead atoms. The van der Waals surface area contributed by atoms with Gasteiger partial charge in [-0.3, -0.25) is 0 Å². The fourth-order valence-corrected chi connectivity index (χ4v) is 1.85. The SMILES string of the molecule is CCCCCN(C)Cc1cccc(C)c1O. The average molecular weight is 221 g/mol. The van der Waals surface area contributed by atoms with E-state index in [1.54, 1.807) is 0 Å². The van der Waals surface area contributed by atoms with Gasteiger partial charge >= 0.3 is 0 Å². The minimum absolute atomic E-state index is 0.449.